The van der Waals surface area contributed by atoms with Crippen molar-refractivity contribution >= 4 is 145 Å². The number of piperidine rings is 5. The summed E-state index contributed by atoms with van der Waals surface area (Å²) in [5, 5.41) is 40.0. The van der Waals surface area contributed by atoms with Gasteiger partial charge in [0.05, 0.1) is 98.0 Å². The molecule has 636 valence electrons. The molecule has 33 nitrogen and oxygen atoms in total. The van der Waals surface area contributed by atoms with Crippen LogP contribution in [0.1, 0.15) is 127 Å². The summed E-state index contributed by atoms with van der Waals surface area (Å²) in [5.41, 5.74) is -3.92. The first kappa shape index (κ1) is 103. The van der Waals surface area contributed by atoms with Gasteiger partial charge in [0, 0.05) is 88.2 Å². The normalized spacial score (nSPS) is 21.6. The Hall–Kier alpha value is -4.17. The van der Waals surface area contributed by atoms with Gasteiger partial charge in [0.25, 0.3) is 0 Å². The fourth-order valence-electron chi connectivity index (χ4n) is 10.6. The third-order valence-electron chi connectivity index (χ3n) is 15.4. The fraction of sp³-hybridized carbons (Fsp3) is 0.701. The van der Waals surface area contributed by atoms with E-state index in [-0.39, 0.29) is 92.6 Å². The molecule has 2 aromatic heterocycles. The van der Waals surface area contributed by atoms with Crippen LogP contribution >= 0.6 is 43.5 Å². The minimum atomic E-state index is -3.39. The van der Waals surface area contributed by atoms with Crippen LogP contribution in [-0.2, 0) is 78.0 Å². The maximum atomic E-state index is 13.7. The van der Waals surface area contributed by atoms with E-state index in [1.807, 2.05) is 46.4 Å². The monoisotopic (exact) mass is 1940 g/mol. The molecule has 6 aliphatic heterocycles. The maximum absolute atomic E-state index is 13.7. The molecule has 6 aliphatic rings. The summed E-state index contributed by atoms with van der Waals surface area (Å²) < 4.78 is 151. The number of nitrogens with two attached hydrogens (primary N) is 1. The quantitative estimate of drug-likeness (QED) is 0.0371. The highest BCUT2D eigenvalue weighted by Crippen LogP contribution is 2.37. The molecule has 4 aromatic rings. The number of nitrogens with one attached hydrogen (secondary N) is 4. The number of aliphatic hydroxyl groups is 3. The Morgan fingerprint density at radius 1 is 0.613 bits per heavy atom. The summed E-state index contributed by atoms with van der Waals surface area (Å²) in [4.78, 5) is 68.9. The van der Waals surface area contributed by atoms with Crippen LogP contribution in [0, 0.1) is 11.6 Å². The van der Waals surface area contributed by atoms with Crippen molar-refractivity contribution in [3.8, 4) is 0 Å². The van der Waals surface area contributed by atoms with Crippen LogP contribution in [0.25, 0.3) is 21.8 Å². The summed E-state index contributed by atoms with van der Waals surface area (Å²) in [6.07, 6.45) is 18.0. The van der Waals surface area contributed by atoms with Gasteiger partial charge >= 0.3 is 18.3 Å². The average molecular weight is 1940 g/mol. The molecule has 2 aromatic carbocycles. The number of aromatic nitrogens is 4. The topological polar surface area (TPSA) is 461 Å². The van der Waals surface area contributed by atoms with E-state index in [9.17, 15) is 81.2 Å². The van der Waals surface area contributed by atoms with Gasteiger partial charge in [-0.1, -0.05) is 11.6 Å². The maximum Gasteiger partial charge on any atom is 0.410 e. The van der Waals surface area contributed by atoms with Gasteiger partial charge in [-0.15, -0.1) is 4.21 Å². The van der Waals surface area contributed by atoms with Gasteiger partial charge in [-0.2, -0.15) is 0 Å². The zero-order valence-corrected chi connectivity index (χ0v) is 75.8. The molecule has 3 amide bonds. The first-order valence-corrected chi connectivity index (χ1v) is 47.1. The predicted molar refractivity (Wildman–Crippen MR) is 426 cm³/mol. The van der Waals surface area contributed by atoms with Crippen LogP contribution in [-0.4, -0.2) is 282 Å². The van der Waals surface area contributed by atoms with E-state index in [4.69, 9.17) is 30.5 Å². The Kier molecular flexibility index (Phi) is 40.2. The lowest BCUT2D eigenvalue weighted by Gasteiger charge is -2.40. The van der Waals surface area contributed by atoms with Gasteiger partial charge < -0.3 is 83.2 Å². The molecule has 10 rings (SSSR count). The summed E-state index contributed by atoms with van der Waals surface area (Å²) in [5.74, 6) is -0.0720. The van der Waals surface area contributed by atoms with Crippen molar-refractivity contribution in [2.45, 2.75) is 166 Å². The molecule has 111 heavy (non-hydrogen) atoms. The Bertz CT molecular complexity index is 4280. The van der Waals surface area contributed by atoms with Crippen molar-refractivity contribution < 1.29 is 124 Å². The number of anilines is 1. The number of likely N-dealkylation sites (tertiary alicyclic amines) is 3. The van der Waals surface area contributed by atoms with Crippen molar-refractivity contribution in [3.63, 3.8) is 0 Å². The van der Waals surface area contributed by atoms with Crippen LogP contribution in [0.2, 0.25) is 5.15 Å². The minimum Gasteiger partial charge on any atom is -1.00 e. The van der Waals surface area contributed by atoms with Crippen molar-refractivity contribution in [2.75, 3.05) is 140 Å². The van der Waals surface area contributed by atoms with Gasteiger partial charge in [-0.05, 0) is 171 Å². The Balaban J connectivity index is 0.000000446. The lowest BCUT2D eigenvalue weighted by molar-refractivity contribution is -0.122. The average Bonchev–Trinajstić information content (AvgIpc) is 0.971. The number of rotatable bonds is 10. The molecule has 6 fully saturated rings. The Morgan fingerprint density at radius 2 is 0.991 bits per heavy atom. The first-order chi connectivity index (χ1) is 50.0. The number of epoxide rings is 1. The molecule has 9 N–H and O–H groups in total. The summed E-state index contributed by atoms with van der Waals surface area (Å²) in [6, 6.07) is 5.81. The number of primary sulfonamides is 1. The first-order valence-electron chi connectivity index (χ1n) is 34.7. The molecule has 1 spiro atoms. The molecule has 8 heterocycles. The lowest BCUT2D eigenvalue weighted by atomic mass is 9.93. The molecular formula is C67H111Br2ClF2IN13O20S5. The highest BCUT2D eigenvalue weighted by atomic mass is 127. The molecule has 44 heteroatoms. The summed E-state index contributed by atoms with van der Waals surface area (Å²) >= 11 is 12.0. The number of nitrogens with zero attached hydrogens (tertiary/aromatic N) is 8. The predicted octanol–water partition coefficient (Wildman–Crippen LogP) is 3.20. The van der Waals surface area contributed by atoms with Crippen molar-refractivity contribution in [3.05, 3.63) is 62.7 Å². The second-order valence-corrected chi connectivity index (χ2v) is 43.9. The van der Waals surface area contributed by atoms with Gasteiger partial charge in [-0.25, -0.2) is 96.1 Å². The highest BCUT2D eigenvalue weighted by molar-refractivity contribution is 9.10. The summed E-state index contributed by atoms with van der Waals surface area (Å²) in [7, 11) is -14.5. The number of sulfonamides is 4. The van der Waals surface area contributed by atoms with Crippen LogP contribution in [0.5, 0.6) is 0 Å². The van der Waals surface area contributed by atoms with E-state index in [0.717, 1.165) is 70.4 Å². The van der Waals surface area contributed by atoms with E-state index < -0.39 is 95.5 Å². The molecule has 0 radical (unpaired) electrons. The van der Waals surface area contributed by atoms with E-state index in [1.54, 1.807) is 56.6 Å². The van der Waals surface area contributed by atoms with Crippen molar-refractivity contribution in [1.29, 1.82) is 0 Å². The number of Topliss-reactive ketones (excluding diaryl/α,β-unsaturated/α-hetero) is 1. The number of carbonyl (C=O) groups excluding carboxylic acids is 4. The Morgan fingerprint density at radius 3 is 1.41 bits per heavy atom. The highest BCUT2D eigenvalue weighted by Gasteiger charge is 2.49. The Labute approximate surface area is 691 Å². The van der Waals surface area contributed by atoms with Crippen molar-refractivity contribution in [1.82, 2.24) is 54.1 Å². The number of amides is 3. The third kappa shape index (κ3) is 44.1. The number of ketones is 1. The number of hydrogen-bond acceptors (Lipinski definition) is 26. The van der Waals surface area contributed by atoms with Gasteiger partial charge in [-0.3, -0.25) is 4.79 Å². The van der Waals surface area contributed by atoms with E-state index >= 15 is 0 Å². The van der Waals surface area contributed by atoms with Crippen LogP contribution < -0.4 is 53.5 Å². The van der Waals surface area contributed by atoms with Crippen molar-refractivity contribution in [2.24, 2.45) is 5.14 Å². The molecule has 0 aliphatic carbocycles. The lowest BCUT2D eigenvalue weighted by Crippen LogP contribution is -3.00. The zero-order chi connectivity index (χ0) is 84.1. The SMILES string of the molecule is CC(C)(C)OC(=O)N1CCCC(=O)C1.CC(C)(C)OC(=O)N1CCCC(O)(CNS(C)(=O)=O)C1.CC(C)(C)OC(=O)N1CCCC2(CO2)C1.CS(=O)(=O)NCC1(O)CCCN(c2ncnc3cc(F)c(Br)cc23)C1.CS(=O)(=O)NCC1(O)CCCNC1.CS(N)(=O)=O.C[S+](C)(C)=O.Fc1cc2ncnc(Cl)c2cc1Br.[I-]. The summed E-state index contributed by atoms with van der Waals surface area (Å²) in [6.45, 7) is 22.2. The fourth-order valence-corrected chi connectivity index (χ4v) is 13.1. The number of carbonyl (C=O) groups is 4. The molecular weight excluding hydrogens is 1830 g/mol. The number of β-amino-alcohol motifs (C(OH)–C–C–N with tert-alkyl or cyclic N) is 3. The second-order valence-electron chi connectivity index (χ2n) is 31.3. The number of ether oxygens (including phenoxy) is 4. The number of halogens is 6. The van der Waals surface area contributed by atoms with E-state index in [2.05, 4.69) is 76.4 Å². The van der Waals surface area contributed by atoms with Crippen LogP contribution in [0.4, 0.5) is 29.0 Å². The second kappa shape index (κ2) is 43.3. The largest absolute Gasteiger partial charge is 1.00 e. The van der Waals surface area contributed by atoms with E-state index in [0.29, 0.717) is 113 Å². The minimum absolute atomic E-state index is 0. The third-order valence-corrected chi connectivity index (χ3v) is 19.0. The number of hydrogen-bond donors (Lipinski definition) is 8. The molecule has 4 unspecified atom stereocenters. The molecule has 0 saturated carbocycles. The van der Waals surface area contributed by atoms with Gasteiger partial charge in [0.15, 0.2) is 5.78 Å². The van der Waals surface area contributed by atoms with Gasteiger partial charge in [0.1, 0.15) is 76.4 Å². The van der Waals surface area contributed by atoms with Crippen LogP contribution in [0.15, 0.2) is 45.9 Å². The van der Waals surface area contributed by atoms with Crippen LogP contribution in [0.3, 0.4) is 0 Å². The molecule has 4 atom stereocenters. The zero-order valence-electron chi connectivity index (χ0n) is 65.7. The van der Waals surface area contributed by atoms with E-state index in [1.165, 1.54) is 34.6 Å². The molecule has 6 saturated heterocycles. The standard InChI is InChI=1S/C15H18BrFN4O3S.C12H24N2O5S.C11H19NO3.C10H17NO3.C8H3BrClFN2.C7H16N2O3S.C3H9OS.CH5NO2S.HI/c1-25(23,24)20-7-15(22)3-2-4-21(8-15)14-10-5-11(16)12(17)6-13(10)18-9-19-14;1-11(2,3)19-10(15)14-7-5-6-12(16,9-14)8-13-20(4,17)18;1-10(2,3)15-9(13)12-6-4-5-11(7-12)8-14-11;1-10(2,3)14-9(13)11-6-4-5-8(12)7-11;9-5-1-4-7(2-6(5)11)12-3-13-8(4)10;1-13(11,12)9-6-7(10)3-2-4-8-5-7;2*1-5(2,3)4;/h5-6,9,20,22H,2-4,7-8H2,1H3;13,16H,5-9H2,1-4H3;4-8H2,1-3H3;4-7H2,1-3H3;1-3H;8-10H,2-6H2,1H3;1-3H3;1H3,(H2,2,3,4);1H/q;;;;;;+1;;/p-1. The smallest absolute Gasteiger partial charge is 0.410 e. The molecule has 0 bridgehead atoms. The number of benzene rings is 2. The number of fused-ring (bicyclic) bond motifs is 2. The van der Waals surface area contributed by atoms with Gasteiger partial charge in [0.2, 0.25) is 40.1 Å².